The summed E-state index contributed by atoms with van der Waals surface area (Å²) in [6.45, 7) is 8.26. The SMILES string of the molecule is CCOC(=O)[C@@H]1CCCCN1Cc1ccc(OC)c(C)c1C. The lowest BCUT2D eigenvalue weighted by atomic mass is 9.98. The Balaban J connectivity index is 2.17. The first-order valence-corrected chi connectivity index (χ1v) is 8.12. The Kier molecular flexibility index (Phi) is 5.83. The Bertz CT molecular complexity index is 527. The predicted octanol–water partition coefficient (Wildman–Crippen LogP) is 3.23. The Morgan fingerprint density at radius 1 is 1.27 bits per heavy atom. The minimum atomic E-state index is -0.101. The molecule has 1 saturated heterocycles. The maximum absolute atomic E-state index is 12.2. The van der Waals surface area contributed by atoms with E-state index in [2.05, 4.69) is 24.8 Å². The van der Waals surface area contributed by atoms with Gasteiger partial charge in [-0.05, 0) is 62.9 Å². The van der Waals surface area contributed by atoms with Gasteiger partial charge in [0.15, 0.2) is 0 Å². The molecule has 1 aromatic carbocycles. The van der Waals surface area contributed by atoms with Gasteiger partial charge in [-0.15, -0.1) is 0 Å². The molecule has 0 bridgehead atoms. The van der Waals surface area contributed by atoms with Crippen LogP contribution >= 0.6 is 0 Å². The summed E-state index contributed by atoms with van der Waals surface area (Å²) in [6, 6.07) is 4.02. The molecule has 22 heavy (non-hydrogen) atoms. The first-order valence-electron chi connectivity index (χ1n) is 8.12. The van der Waals surface area contributed by atoms with E-state index in [0.717, 1.165) is 38.1 Å². The van der Waals surface area contributed by atoms with E-state index < -0.39 is 0 Å². The number of hydrogen-bond acceptors (Lipinski definition) is 4. The van der Waals surface area contributed by atoms with E-state index in [4.69, 9.17) is 9.47 Å². The van der Waals surface area contributed by atoms with Gasteiger partial charge in [0.2, 0.25) is 0 Å². The summed E-state index contributed by atoms with van der Waals surface area (Å²) < 4.78 is 10.6. The molecule has 1 aliphatic heterocycles. The molecular formula is C18H27NO3. The second-order valence-electron chi connectivity index (χ2n) is 5.91. The third-order valence-electron chi connectivity index (χ3n) is 4.62. The van der Waals surface area contributed by atoms with E-state index in [1.165, 1.54) is 16.7 Å². The molecule has 1 atom stereocenters. The van der Waals surface area contributed by atoms with E-state index in [1.807, 2.05) is 13.0 Å². The quantitative estimate of drug-likeness (QED) is 0.783. The fraction of sp³-hybridized carbons (Fsp3) is 0.611. The Labute approximate surface area is 133 Å². The highest BCUT2D eigenvalue weighted by atomic mass is 16.5. The van der Waals surface area contributed by atoms with Crippen LogP contribution in [0, 0.1) is 13.8 Å². The van der Waals surface area contributed by atoms with Gasteiger partial charge in [0.1, 0.15) is 11.8 Å². The summed E-state index contributed by atoms with van der Waals surface area (Å²) in [5, 5.41) is 0. The van der Waals surface area contributed by atoms with Crippen LogP contribution in [-0.4, -0.2) is 37.2 Å². The van der Waals surface area contributed by atoms with Crippen LogP contribution in [0.25, 0.3) is 0 Å². The van der Waals surface area contributed by atoms with Crippen molar-refractivity contribution < 1.29 is 14.3 Å². The summed E-state index contributed by atoms with van der Waals surface area (Å²) in [5.74, 6) is 0.840. The first kappa shape index (κ1) is 16.8. The van der Waals surface area contributed by atoms with Gasteiger partial charge in [0.05, 0.1) is 13.7 Å². The van der Waals surface area contributed by atoms with Crippen molar-refractivity contribution in [2.45, 2.75) is 52.6 Å². The lowest BCUT2D eigenvalue weighted by Crippen LogP contribution is -2.45. The maximum atomic E-state index is 12.2. The molecule has 0 saturated carbocycles. The second-order valence-corrected chi connectivity index (χ2v) is 5.91. The number of methoxy groups -OCH3 is 1. The number of rotatable bonds is 5. The number of carbonyl (C=O) groups is 1. The third kappa shape index (κ3) is 3.61. The average molecular weight is 305 g/mol. The first-order chi connectivity index (χ1) is 10.6. The van der Waals surface area contributed by atoms with Crippen LogP contribution in [0.4, 0.5) is 0 Å². The van der Waals surface area contributed by atoms with Crippen molar-refractivity contribution in [3.8, 4) is 5.75 Å². The van der Waals surface area contributed by atoms with Gasteiger partial charge in [-0.1, -0.05) is 12.5 Å². The topological polar surface area (TPSA) is 38.8 Å². The van der Waals surface area contributed by atoms with Crippen LogP contribution in [0.2, 0.25) is 0 Å². The Morgan fingerprint density at radius 3 is 2.73 bits per heavy atom. The predicted molar refractivity (Wildman–Crippen MR) is 87.2 cm³/mol. The number of piperidine rings is 1. The van der Waals surface area contributed by atoms with Crippen LogP contribution in [-0.2, 0) is 16.1 Å². The van der Waals surface area contributed by atoms with Crippen LogP contribution in [0.15, 0.2) is 12.1 Å². The van der Waals surface area contributed by atoms with Gasteiger partial charge in [-0.25, -0.2) is 0 Å². The van der Waals surface area contributed by atoms with Crippen molar-refractivity contribution >= 4 is 5.97 Å². The molecule has 0 spiro atoms. The minimum absolute atomic E-state index is 0.0786. The number of carbonyl (C=O) groups excluding carboxylic acids is 1. The monoisotopic (exact) mass is 305 g/mol. The van der Waals surface area contributed by atoms with Gasteiger partial charge in [-0.3, -0.25) is 9.69 Å². The summed E-state index contributed by atoms with van der Waals surface area (Å²) in [6.07, 6.45) is 3.14. The van der Waals surface area contributed by atoms with Crippen molar-refractivity contribution in [1.29, 1.82) is 0 Å². The molecule has 0 radical (unpaired) electrons. The summed E-state index contributed by atoms with van der Waals surface area (Å²) in [4.78, 5) is 14.4. The van der Waals surface area contributed by atoms with Crippen molar-refractivity contribution in [3.05, 3.63) is 28.8 Å². The van der Waals surface area contributed by atoms with Gasteiger partial charge in [0.25, 0.3) is 0 Å². The lowest BCUT2D eigenvalue weighted by Gasteiger charge is -2.34. The van der Waals surface area contributed by atoms with Gasteiger partial charge >= 0.3 is 5.97 Å². The highest BCUT2D eigenvalue weighted by Crippen LogP contribution is 2.27. The number of hydrogen-bond donors (Lipinski definition) is 0. The Morgan fingerprint density at radius 2 is 2.05 bits per heavy atom. The standard InChI is InChI=1S/C18H27NO3/c1-5-22-18(20)16-8-6-7-11-19(16)12-15-9-10-17(21-4)14(3)13(15)2/h9-10,16H,5-8,11-12H2,1-4H3/t16-/m0/s1. The normalized spacial score (nSPS) is 19.0. The van der Waals surface area contributed by atoms with Gasteiger partial charge in [-0.2, -0.15) is 0 Å². The van der Waals surface area contributed by atoms with E-state index in [-0.39, 0.29) is 12.0 Å². The van der Waals surface area contributed by atoms with Gasteiger partial charge < -0.3 is 9.47 Å². The fourth-order valence-corrected chi connectivity index (χ4v) is 3.15. The lowest BCUT2D eigenvalue weighted by molar-refractivity contribution is -0.151. The molecule has 1 aromatic rings. The molecule has 122 valence electrons. The van der Waals surface area contributed by atoms with Crippen LogP contribution < -0.4 is 4.74 Å². The number of ether oxygens (including phenoxy) is 2. The largest absolute Gasteiger partial charge is 0.496 e. The number of nitrogens with zero attached hydrogens (tertiary/aromatic N) is 1. The van der Waals surface area contributed by atoms with E-state index in [0.29, 0.717) is 6.61 Å². The maximum Gasteiger partial charge on any atom is 0.323 e. The molecule has 1 fully saturated rings. The van der Waals surface area contributed by atoms with Crippen LogP contribution in [0.1, 0.15) is 42.9 Å². The zero-order chi connectivity index (χ0) is 16.1. The van der Waals surface area contributed by atoms with Crippen molar-refractivity contribution in [2.75, 3.05) is 20.3 Å². The molecule has 0 unspecified atom stereocenters. The number of benzene rings is 1. The fourth-order valence-electron chi connectivity index (χ4n) is 3.15. The van der Waals surface area contributed by atoms with Crippen molar-refractivity contribution in [2.24, 2.45) is 0 Å². The van der Waals surface area contributed by atoms with E-state index in [1.54, 1.807) is 7.11 Å². The molecule has 0 N–H and O–H groups in total. The zero-order valence-electron chi connectivity index (χ0n) is 14.1. The molecule has 4 nitrogen and oxygen atoms in total. The van der Waals surface area contributed by atoms with Crippen LogP contribution in [0.3, 0.4) is 0 Å². The minimum Gasteiger partial charge on any atom is -0.496 e. The van der Waals surface area contributed by atoms with E-state index >= 15 is 0 Å². The Hall–Kier alpha value is -1.55. The summed E-state index contributed by atoms with van der Waals surface area (Å²) >= 11 is 0. The third-order valence-corrected chi connectivity index (χ3v) is 4.62. The number of likely N-dealkylation sites (tertiary alicyclic amines) is 1. The highest BCUT2D eigenvalue weighted by Gasteiger charge is 2.30. The second kappa shape index (κ2) is 7.63. The summed E-state index contributed by atoms with van der Waals surface area (Å²) in [5.41, 5.74) is 3.67. The molecule has 1 aliphatic rings. The molecular weight excluding hydrogens is 278 g/mol. The molecule has 0 amide bonds. The molecule has 1 heterocycles. The molecule has 0 aromatic heterocycles. The number of esters is 1. The molecule has 2 rings (SSSR count). The summed E-state index contributed by atoms with van der Waals surface area (Å²) in [7, 11) is 1.70. The smallest absolute Gasteiger partial charge is 0.323 e. The van der Waals surface area contributed by atoms with Crippen molar-refractivity contribution in [1.82, 2.24) is 4.90 Å². The van der Waals surface area contributed by atoms with E-state index in [9.17, 15) is 4.79 Å². The average Bonchev–Trinajstić information content (AvgIpc) is 2.53. The van der Waals surface area contributed by atoms with Crippen LogP contribution in [0.5, 0.6) is 5.75 Å². The van der Waals surface area contributed by atoms with Gasteiger partial charge in [0, 0.05) is 6.54 Å². The molecule has 0 aliphatic carbocycles. The molecule has 4 heteroatoms. The zero-order valence-corrected chi connectivity index (χ0v) is 14.1. The highest BCUT2D eigenvalue weighted by molar-refractivity contribution is 5.75. The van der Waals surface area contributed by atoms with Crippen molar-refractivity contribution in [3.63, 3.8) is 0 Å².